The summed E-state index contributed by atoms with van der Waals surface area (Å²) in [6.45, 7) is 9.44. The van der Waals surface area contributed by atoms with E-state index in [-0.39, 0.29) is 11.9 Å². The molecule has 3 heterocycles. The maximum absolute atomic E-state index is 13.0. The van der Waals surface area contributed by atoms with Crippen molar-refractivity contribution < 1.29 is 19.4 Å². The molecule has 6 heteroatoms. The van der Waals surface area contributed by atoms with Crippen molar-refractivity contribution in [3.05, 3.63) is 65.1 Å². The Hall–Kier alpha value is -2.86. The Kier molecular flexibility index (Phi) is 4.64. The van der Waals surface area contributed by atoms with Crippen molar-refractivity contribution in [3.63, 3.8) is 0 Å². The number of aromatic nitrogens is 2. The normalized spacial score (nSPS) is 25.3. The number of hydrogen-bond acceptors (Lipinski definition) is 5. The average Bonchev–Trinajstić information content (AvgIpc) is 3.57. The van der Waals surface area contributed by atoms with E-state index in [0.29, 0.717) is 17.0 Å². The number of fused-ring (bicyclic) bond motifs is 3. The molecule has 6 nitrogen and oxygen atoms in total. The number of nitrogens with zero attached hydrogens (tertiary/aromatic N) is 2. The number of pyridine rings is 1. The summed E-state index contributed by atoms with van der Waals surface area (Å²) < 4.78 is 14.7. The van der Waals surface area contributed by atoms with Crippen LogP contribution in [0.15, 0.2) is 42.6 Å². The van der Waals surface area contributed by atoms with Gasteiger partial charge in [0.1, 0.15) is 5.60 Å². The third-order valence-electron chi connectivity index (χ3n) is 6.78. The molecule has 32 heavy (non-hydrogen) atoms. The van der Waals surface area contributed by atoms with Gasteiger partial charge in [-0.3, -0.25) is 4.79 Å². The van der Waals surface area contributed by atoms with Gasteiger partial charge in [-0.2, -0.15) is 0 Å². The summed E-state index contributed by atoms with van der Waals surface area (Å²) in [6.07, 6.45) is 2.16. The smallest absolute Gasteiger partial charge is 0.311 e. The van der Waals surface area contributed by atoms with E-state index in [2.05, 4.69) is 0 Å². The fourth-order valence-corrected chi connectivity index (χ4v) is 4.62. The van der Waals surface area contributed by atoms with Gasteiger partial charge in [-0.1, -0.05) is 30.3 Å². The molecule has 1 N–H and O–H groups in total. The van der Waals surface area contributed by atoms with Crippen LogP contribution in [0.3, 0.4) is 0 Å². The van der Waals surface area contributed by atoms with E-state index in [4.69, 9.17) is 14.5 Å². The second-order valence-electron chi connectivity index (χ2n) is 10.2. The van der Waals surface area contributed by atoms with Gasteiger partial charge in [-0.05, 0) is 65.0 Å². The number of aryl methyl sites for hydroxylation is 2. The summed E-state index contributed by atoms with van der Waals surface area (Å²) in [7, 11) is 0. The molecule has 0 amide bonds. The highest BCUT2D eigenvalue weighted by molar-refractivity contribution is 5.76. The van der Waals surface area contributed by atoms with Crippen molar-refractivity contribution >= 4 is 11.6 Å². The Labute approximate surface area is 188 Å². The molecule has 2 aromatic heterocycles. The third-order valence-corrected chi connectivity index (χ3v) is 6.78. The lowest BCUT2D eigenvalue weighted by Gasteiger charge is -2.45. The van der Waals surface area contributed by atoms with E-state index in [1.54, 1.807) is 0 Å². The zero-order valence-corrected chi connectivity index (χ0v) is 19.3. The highest BCUT2D eigenvalue weighted by Gasteiger charge is 2.60. The minimum Gasteiger partial charge on any atom is -0.477 e. The summed E-state index contributed by atoms with van der Waals surface area (Å²) >= 11 is 0. The van der Waals surface area contributed by atoms with E-state index in [1.807, 2.05) is 81.6 Å². The zero-order valence-electron chi connectivity index (χ0n) is 19.3. The maximum atomic E-state index is 13.0. The lowest BCUT2D eigenvalue weighted by atomic mass is 9.77. The SMILES string of the molecule is Cc1nc2c3c(ccn2c1C)[C@@](O)(C1CC1)[C@H](OC(=O)C(C)(C)C)[C@@H](c1ccccc1)O3. The molecular formula is C26H30N2O4. The Balaban J connectivity index is 1.74. The molecule has 0 spiro atoms. The molecule has 1 aliphatic heterocycles. The van der Waals surface area contributed by atoms with Crippen molar-refractivity contribution in [1.82, 2.24) is 9.38 Å². The van der Waals surface area contributed by atoms with Gasteiger partial charge in [-0.15, -0.1) is 0 Å². The van der Waals surface area contributed by atoms with E-state index < -0.39 is 23.2 Å². The first-order chi connectivity index (χ1) is 15.1. The van der Waals surface area contributed by atoms with Gasteiger partial charge in [0.2, 0.25) is 0 Å². The zero-order chi connectivity index (χ0) is 22.8. The predicted molar refractivity (Wildman–Crippen MR) is 120 cm³/mol. The number of ether oxygens (including phenoxy) is 2. The molecule has 0 saturated heterocycles. The first kappa shape index (κ1) is 21.0. The number of esters is 1. The van der Waals surface area contributed by atoms with Crippen molar-refractivity contribution in [2.45, 2.75) is 65.3 Å². The van der Waals surface area contributed by atoms with Crippen LogP contribution in [-0.4, -0.2) is 26.6 Å². The van der Waals surface area contributed by atoms with Crippen LogP contribution in [0, 0.1) is 25.2 Å². The standard InChI is InChI=1S/C26H30N2O4/c1-15-16(2)28-14-13-19-21(23(28)27-15)31-20(17-9-7-6-8-10-17)22(26(19,30)18-11-12-18)32-24(29)25(3,4)5/h6-10,13-14,18,20,22,30H,11-12H2,1-5H3/t20-,22-,26+/m1/s1. The van der Waals surface area contributed by atoms with E-state index in [9.17, 15) is 9.90 Å². The Morgan fingerprint density at radius 2 is 1.88 bits per heavy atom. The predicted octanol–water partition coefficient (Wildman–Crippen LogP) is 4.64. The first-order valence-corrected chi connectivity index (χ1v) is 11.3. The molecule has 5 rings (SSSR count). The van der Waals surface area contributed by atoms with Gasteiger partial charge >= 0.3 is 5.97 Å². The largest absolute Gasteiger partial charge is 0.477 e. The van der Waals surface area contributed by atoms with Crippen LogP contribution in [0.4, 0.5) is 0 Å². The van der Waals surface area contributed by atoms with Crippen LogP contribution in [0.5, 0.6) is 5.75 Å². The molecular weight excluding hydrogens is 404 g/mol. The Morgan fingerprint density at radius 1 is 1.19 bits per heavy atom. The van der Waals surface area contributed by atoms with Crippen LogP contribution in [0.25, 0.3) is 5.65 Å². The number of benzene rings is 1. The average molecular weight is 435 g/mol. The van der Waals surface area contributed by atoms with Crippen LogP contribution in [0.1, 0.15) is 62.2 Å². The number of rotatable bonds is 3. The highest BCUT2D eigenvalue weighted by atomic mass is 16.6. The third kappa shape index (κ3) is 3.12. The summed E-state index contributed by atoms with van der Waals surface area (Å²) in [5.41, 5.74) is 2.06. The second-order valence-corrected chi connectivity index (χ2v) is 10.2. The fraction of sp³-hybridized carbons (Fsp3) is 0.462. The summed E-state index contributed by atoms with van der Waals surface area (Å²) in [5, 5.41) is 12.3. The van der Waals surface area contributed by atoms with Crippen molar-refractivity contribution in [1.29, 1.82) is 0 Å². The van der Waals surface area contributed by atoms with Crippen LogP contribution in [0.2, 0.25) is 0 Å². The van der Waals surface area contributed by atoms with Gasteiger partial charge in [0.25, 0.3) is 0 Å². The summed E-state index contributed by atoms with van der Waals surface area (Å²) in [5.74, 6) is 0.201. The van der Waals surface area contributed by atoms with E-state index in [1.165, 1.54) is 0 Å². The lowest BCUT2D eigenvalue weighted by Crippen LogP contribution is -2.53. The van der Waals surface area contributed by atoms with Gasteiger partial charge in [0.05, 0.1) is 11.1 Å². The fourth-order valence-electron chi connectivity index (χ4n) is 4.62. The minimum absolute atomic E-state index is 0.00580. The number of aliphatic hydroxyl groups is 1. The second kappa shape index (κ2) is 7.07. The molecule has 1 fully saturated rings. The number of imidazole rings is 1. The molecule has 1 aromatic carbocycles. The van der Waals surface area contributed by atoms with Gasteiger partial charge in [0, 0.05) is 17.5 Å². The Bertz CT molecular complexity index is 1190. The van der Waals surface area contributed by atoms with Crippen LogP contribution >= 0.6 is 0 Å². The topological polar surface area (TPSA) is 73.1 Å². The van der Waals surface area contributed by atoms with Crippen molar-refractivity contribution in [3.8, 4) is 5.75 Å². The van der Waals surface area contributed by atoms with Gasteiger partial charge < -0.3 is 19.0 Å². The number of carbonyl (C=O) groups is 1. The first-order valence-electron chi connectivity index (χ1n) is 11.3. The van der Waals surface area contributed by atoms with Crippen LogP contribution in [-0.2, 0) is 15.1 Å². The van der Waals surface area contributed by atoms with Gasteiger partial charge in [-0.25, -0.2) is 4.98 Å². The minimum atomic E-state index is -1.36. The van der Waals surface area contributed by atoms with E-state index in [0.717, 1.165) is 29.8 Å². The molecule has 0 unspecified atom stereocenters. The number of hydrogen-bond donors (Lipinski definition) is 1. The molecule has 3 atom stereocenters. The molecule has 3 aromatic rings. The Morgan fingerprint density at radius 3 is 2.50 bits per heavy atom. The quantitative estimate of drug-likeness (QED) is 0.608. The van der Waals surface area contributed by atoms with Gasteiger partial charge in [0.15, 0.2) is 23.6 Å². The van der Waals surface area contributed by atoms with E-state index >= 15 is 0 Å². The molecule has 0 radical (unpaired) electrons. The molecule has 2 aliphatic rings. The van der Waals surface area contributed by atoms with Crippen LogP contribution < -0.4 is 4.74 Å². The maximum Gasteiger partial charge on any atom is 0.311 e. The molecule has 1 aliphatic carbocycles. The lowest BCUT2D eigenvalue weighted by molar-refractivity contribution is -0.200. The summed E-state index contributed by atoms with van der Waals surface area (Å²) in [4.78, 5) is 17.8. The summed E-state index contributed by atoms with van der Waals surface area (Å²) in [6, 6.07) is 11.6. The molecule has 1 saturated carbocycles. The monoisotopic (exact) mass is 434 g/mol. The number of carbonyl (C=O) groups excluding carboxylic acids is 1. The van der Waals surface area contributed by atoms with Crippen molar-refractivity contribution in [2.24, 2.45) is 11.3 Å². The molecule has 0 bridgehead atoms. The molecule has 168 valence electrons. The van der Waals surface area contributed by atoms with Crippen molar-refractivity contribution in [2.75, 3.05) is 0 Å². The highest BCUT2D eigenvalue weighted by Crippen LogP contribution is 2.57.